The second kappa shape index (κ2) is 12.5. The molecule has 0 aliphatic carbocycles. The second-order valence-corrected chi connectivity index (χ2v) is 12.5. The van der Waals surface area contributed by atoms with Gasteiger partial charge in [-0.1, -0.05) is 53.8 Å². The predicted octanol–water partition coefficient (Wildman–Crippen LogP) is 6.15. The lowest BCUT2D eigenvalue weighted by Gasteiger charge is -2.25. The van der Waals surface area contributed by atoms with Crippen LogP contribution in [0.1, 0.15) is 56.3 Å². The molecule has 6 rings (SSSR count). The Morgan fingerprint density at radius 1 is 1.02 bits per heavy atom. The van der Waals surface area contributed by atoms with Gasteiger partial charge in [0.1, 0.15) is 0 Å². The van der Waals surface area contributed by atoms with Crippen LogP contribution in [0.2, 0.25) is 0 Å². The Balaban J connectivity index is 1.52. The highest BCUT2D eigenvalue weighted by Gasteiger charge is 2.34. The molecule has 0 unspecified atom stereocenters. The van der Waals surface area contributed by atoms with Crippen molar-refractivity contribution in [1.29, 1.82) is 0 Å². The zero-order valence-electron chi connectivity index (χ0n) is 27.1. The van der Waals surface area contributed by atoms with E-state index >= 15 is 0 Å². The van der Waals surface area contributed by atoms with Gasteiger partial charge in [0.2, 0.25) is 0 Å². The summed E-state index contributed by atoms with van der Waals surface area (Å²) in [6.07, 6.45) is 1.87. The number of thiazole rings is 1. The third-order valence-corrected chi connectivity index (χ3v) is 9.13. The van der Waals surface area contributed by atoms with Gasteiger partial charge in [0, 0.05) is 16.8 Å². The average Bonchev–Trinajstić information content (AvgIpc) is 3.49. The molecule has 1 aliphatic rings. The molecule has 2 aromatic heterocycles. The molecule has 1 aliphatic heterocycles. The van der Waals surface area contributed by atoms with Crippen LogP contribution in [0.4, 0.5) is 0 Å². The lowest BCUT2D eigenvalue weighted by Crippen LogP contribution is -2.40. The highest BCUT2D eigenvalue weighted by Crippen LogP contribution is 2.36. The Labute approximate surface area is 271 Å². The average molecular weight is 636 g/mol. The fraction of sp³-hybridized carbons (Fsp3) is 0.270. The molecular weight excluding hydrogens is 598 g/mol. The van der Waals surface area contributed by atoms with Gasteiger partial charge >= 0.3 is 5.97 Å². The first-order valence-corrected chi connectivity index (χ1v) is 16.2. The van der Waals surface area contributed by atoms with Crippen molar-refractivity contribution in [3.05, 3.63) is 120 Å². The topological polar surface area (TPSA) is 84.1 Å². The molecule has 0 saturated carbocycles. The van der Waals surface area contributed by atoms with Crippen LogP contribution in [-0.4, -0.2) is 34.9 Å². The first-order valence-electron chi connectivity index (χ1n) is 15.3. The number of nitrogens with zero attached hydrogens (tertiary/aromatic N) is 3. The van der Waals surface area contributed by atoms with Gasteiger partial charge in [0.25, 0.3) is 5.56 Å². The van der Waals surface area contributed by atoms with E-state index in [9.17, 15) is 9.59 Å². The highest BCUT2D eigenvalue weighted by atomic mass is 32.1. The molecule has 5 aromatic rings. The van der Waals surface area contributed by atoms with Gasteiger partial charge in [0.05, 0.1) is 47.4 Å². The number of benzene rings is 3. The number of esters is 1. The van der Waals surface area contributed by atoms with Gasteiger partial charge in [0.15, 0.2) is 16.3 Å². The summed E-state index contributed by atoms with van der Waals surface area (Å²) >= 11 is 1.31. The maximum absolute atomic E-state index is 14.3. The molecular formula is C37H37N3O5S. The smallest absolute Gasteiger partial charge is 0.338 e. The maximum atomic E-state index is 14.3. The van der Waals surface area contributed by atoms with Gasteiger partial charge in [-0.3, -0.25) is 9.36 Å². The molecule has 0 fully saturated rings. The molecule has 0 saturated heterocycles. The van der Waals surface area contributed by atoms with Crippen LogP contribution < -0.4 is 24.4 Å². The van der Waals surface area contributed by atoms with E-state index in [2.05, 4.69) is 54.8 Å². The van der Waals surface area contributed by atoms with Crippen molar-refractivity contribution in [2.24, 2.45) is 4.99 Å². The fourth-order valence-electron chi connectivity index (χ4n) is 6.16. The molecule has 1 atom stereocenters. The number of aryl methyl sites for hydroxylation is 1. The minimum atomic E-state index is -0.762. The van der Waals surface area contributed by atoms with Crippen LogP contribution in [0, 0.1) is 13.8 Å². The van der Waals surface area contributed by atoms with E-state index in [1.54, 1.807) is 25.5 Å². The summed E-state index contributed by atoms with van der Waals surface area (Å²) in [5.41, 5.74) is 5.37. The molecule has 236 valence electrons. The summed E-state index contributed by atoms with van der Waals surface area (Å²) in [6.45, 7) is 11.8. The van der Waals surface area contributed by atoms with E-state index in [0.717, 1.165) is 33.4 Å². The van der Waals surface area contributed by atoms with Crippen LogP contribution >= 0.6 is 11.3 Å². The van der Waals surface area contributed by atoms with E-state index < -0.39 is 12.0 Å². The lowest BCUT2D eigenvalue weighted by atomic mass is 9.95. The third-order valence-electron chi connectivity index (χ3n) is 8.15. The van der Waals surface area contributed by atoms with Crippen molar-refractivity contribution < 1.29 is 19.0 Å². The zero-order chi connectivity index (χ0) is 32.7. The zero-order valence-corrected chi connectivity index (χ0v) is 27.9. The Kier molecular flexibility index (Phi) is 8.44. The van der Waals surface area contributed by atoms with Crippen LogP contribution in [-0.2, 0) is 9.53 Å². The molecule has 0 bridgehead atoms. The molecule has 0 amide bonds. The van der Waals surface area contributed by atoms with E-state index in [0.29, 0.717) is 37.7 Å². The Bertz CT molecular complexity index is 2200. The monoisotopic (exact) mass is 635 g/mol. The first kappa shape index (κ1) is 31.1. The number of allylic oxidation sites excluding steroid dienone is 1. The number of hydrogen-bond donors (Lipinski definition) is 0. The van der Waals surface area contributed by atoms with Crippen LogP contribution in [0.3, 0.4) is 0 Å². The quantitative estimate of drug-likeness (QED) is 0.191. The molecule has 0 spiro atoms. The minimum absolute atomic E-state index is 0.0581. The number of rotatable bonds is 8. The summed E-state index contributed by atoms with van der Waals surface area (Å²) in [4.78, 5) is 32.9. The molecule has 8 nitrogen and oxygen atoms in total. The summed E-state index contributed by atoms with van der Waals surface area (Å²) in [6, 6.07) is 21.4. The number of carbonyl (C=O) groups is 1. The van der Waals surface area contributed by atoms with E-state index in [1.807, 2.05) is 50.3 Å². The standard InChI is InChI=1S/C37H37N3O5S/c1-8-44-36(42)33-23(5)38-37-40(34(33)26-16-17-30(45-21(2)3)31(19-26)43-7)35(41)32(46-37)20-27-18-22(4)39(24(27)6)29-15-11-13-25-12-9-10-14-28(25)29/h9-21,34H,8H2,1-7H3/b32-20-/t34-/m0/s1. The number of methoxy groups -OCH3 is 1. The van der Waals surface area contributed by atoms with Crippen molar-refractivity contribution in [3.63, 3.8) is 0 Å². The van der Waals surface area contributed by atoms with E-state index in [4.69, 9.17) is 19.2 Å². The molecule has 3 aromatic carbocycles. The van der Waals surface area contributed by atoms with Gasteiger partial charge in [-0.15, -0.1) is 0 Å². The largest absolute Gasteiger partial charge is 0.493 e. The molecule has 9 heteroatoms. The number of aromatic nitrogens is 2. The number of ether oxygens (including phenoxy) is 3. The van der Waals surface area contributed by atoms with E-state index in [-0.39, 0.29) is 18.3 Å². The maximum Gasteiger partial charge on any atom is 0.338 e. The second-order valence-electron chi connectivity index (χ2n) is 11.5. The summed E-state index contributed by atoms with van der Waals surface area (Å²) in [7, 11) is 1.57. The molecule has 46 heavy (non-hydrogen) atoms. The molecule has 3 heterocycles. The Hall–Kier alpha value is -4.89. The number of hydrogen-bond acceptors (Lipinski definition) is 7. The van der Waals surface area contributed by atoms with Gasteiger partial charge in [-0.05, 0) is 88.4 Å². The number of fused-ring (bicyclic) bond motifs is 2. The lowest BCUT2D eigenvalue weighted by molar-refractivity contribution is -0.139. The van der Waals surface area contributed by atoms with Crippen LogP contribution in [0.25, 0.3) is 22.5 Å². The minimum Gasteiger partial charge on any atom is -0.493 e. The Morgan fingerprint density at radius 2 is 1.78 bits per heavy atom. The van der Waals surface area contributed by atoms with Crippen molar-refractivity contribution in [2.75, 3.05) is 13.7 Å². The van der Waals surface area contributed by atoms with Crippen molar-refractivity contribution in [1.82, 2.24) is 9.13 Å². The number of carbonyl (C=O) groups excluding carboxylic acids is 1. The SMILES string of the molecule is CCOC(=O)C1=C(C)N=c2s/c(=C\c3cc(C)n(-c4cccc5ccccc45)c3C)c(=O)n2[C@H]1c1ccc(OC(C)C)c(OC)c1. The van der Waals surface area contributed by atoms with Crippen LogP contribution in [0.15, 0.2) is 87.8 Å². The molecule has 0 radical (unpaired) electrons. The van der Waals surface area contributed by atoms with Crippen LogP contribution in [0.5, 0.6) is 11.5 Å². The first-order chi connectivity index (χ1) is 22.1. The Morgan fingerprint density at radius 3 is 2.52 bits per heavy atom. The van der Waals surface area contributed by atoms with Crippen molar-refractivity contribution in [2.45, 2.75) is 53.7 Å². The highest BCUT2D eigenvalue weighted by molar-refractivity contribution is 7.07. The van der Waals surface area contributed by atoms with Gasteiger partial charge < -0.3 is 18.8 Å². The summed E-state index contributed by atoms with van der Waals surface area (Å²) in [5.74, 6) is 0.573. The normalized spacial score (nSPS) is 14.9. The summed E-state index contributed by atoms with van der Waals surface area (Å²) in [5, 5.41) is 2.32. The predicted molar refractivity (Wildman–Crippen MR) is 182 cm³/mol. The molecule has 0 N–H and O–H groups in total. The van der Waals surface area contributed by atoms with Gasteiger partial charge in [-0.25, -0.2) is 9.79 Å². The third kappa shape index (κ3) is 5.45. The van der Waals surface area contributed by atoms with Crippen molar-refractivity contribution >= 4 is 34.2 Å². The van der Waals surface area contributed by atoms with Gasteiger partial charge in [-0.2, -0.15) is 0 Å². The van der Waals surface area contributed by atoms with Crippen molar-refractivity contribution in [3.8, 4) is 17.2 Å². The summed E-state index contributed by atoms with van der Waals surface area (Å²) < 4.78 is 21.4. The van der Waals surface area contributed by atoms with E-state index in [1.165, 1.54) is 11.3 Å². The fourth-order valence-corrected chi connectivity index (χ4v) is 7.20.